The molecule has 28 heavy (non-hydrogen) atoms. The van der Waals surface area contributed by atoms with Crippen LogP contribution < -0.4 is 20.6 Å². The SMILES string of the molecule is CCOc1cc2c(cc1C(=O)N(C)C)[nH]c(=O)c(N)[n+]2C(=N)C1CCCCC1. The molecule has 1 aromatic heterocycles. The van der Waals surface area contributed by atoms with Gasteiger partial charge in [0.15, 0.2) is 0 Å². The van der Waals surface area contributed by atoms with E-state index in [0.29, 0.717) is 34.8 Å². The average molecular weight is 386 g/mol. The first kappa shape index (κ1) is 19.9. The van der Waals surface area contributed by atoms with Crippen LogP contribution in [0.4, 0.5) is 5.82 Å². The van der Waals surface area contributed by atoms with Crippen molar-refractivity contribution in [3.63, 3.8) is 0 Å². The lowest BCUT2D eigenvalue weighted by Crippen LogP contribution is -2.53. The van der Waals surface area contributed by atoms with Gasteiger partial charge in [-0.05, 0) is 25.8 Å². The van der Waals surface area contributed by atoms with Gasteiger partial charge in [-0.2, -0.15) is 9.98 Å². The van der Waals surface area contributed by atoms with E-state index in [0.717, 1.165) is 25.7 Å². The molecule has 0 atom stereocenters. The van der Waals surface area contributed by atoms with Crippen molar-refractivity contribution in [2.75, 3.05) is 26.4 Å². The van der Waals surface area contributed by atoms with Crippen LogP contribution in [0.3, 0.4) is 0 Å². The van der Waals surface area contributed by atoms with Crippen LogP contribution in [0.25, 0.3) is 11.0 Å². The quantitative estimate of drug-likeness (QED) is 0.423. The molecule has 0 aliphatic heterocycles. The van der Waals surface area contributed by atoms with E-state index in [1.54, 1.807) is 26.2 Å². The molecule has 1 amide bonds. The predicted octanol–water partition coefficient (Wildman–Crippen LogP) is 1.90. The molecule has 0 spiro atoms. The zero-order valence-electron chi connectivity index (χ0n) is 16.7. The van der Waals surface area contributed by atoms with Crippen molar-refractivity contribution in [1.29, 1.82) is 5.41 Å². The van der Waals surface area contributed by atoms with Crippen molar-refractivity contribution in [1.82, 2.24) is 9.88 Å². The number of rotatable bonds is 4. The summed E-state index contributed by atoms with van der Waals surface area (Å²) >= 11 is 0. The average Bonchev–Trinajstić information content (AvgIpc) is 2.69. The van der Waals surface area contributed by atoms with Crippen LogP contribution in [0.5, 0.6) is 5.75 Å². The molecule has 1 fully saturated rings. The van der Waals surface area contributed by atoms with Gasteiger partial charge in [-0.3, -0.25) is 9.59 Å². The summed E-state index contributed by atoms with van der Waals surface area (Å²) in [6, 6.07) is 3.30. The molecule has 4 N–H and O–H groups in total. The number of H-pyrrole nitrogens is 1. The number of hydrogen-bond donors (Lipinski definition) is 3. The van der Waals surface area contributed by atoms with E-state index >= 15 is 0 Å². The van der Waals surface area contributed by atoms with E-state index in [-0.39, 0.29) is 17.6 Å². The second-order valence-corrected chi connectivity index (χ2v) is 7.39. The van der Waals surface area contributed by atoms with Gasteiger partial charge < -0.3 is 20.4 Å². The Bertz CT molecular complexity index is 974. The summed E-state index contributed by atoms with van der Waals surface area (Å²) in [6.45, 7) is 2.23. The Hall–Kier alpha value is -2.90. The first-order valence-electron chi connectivity index (χ1n) is 9.70. The molecule has 150 valence electrons. The van der Waals surface area contributed by atoms with Crippen LogP contribution in [-0.2, 0) is 0 Å². The summed E-state index contributed by atoms with van der Waals surface area (Å²) in [7, 11) is 3.32. The molecule has 0 radical (unpaired) electrons. The summed E-state index contributed by atoms with van der Waals surface area (Å²) in [4.78, 5) is 29.2. The van der Waals surface area contributed by atoms with Crippen molar-refractivity contribution >= 4 is 28.6 Å². The van der Waals surface area contributed by atoms with Gasteiger partial charge in [0.2, 0.25) is 5.84 Å². The van der Waals surface area contributed by atoms with Gasteiger partial charge in [0.25, 0.3) is 11.7 Å². The number of aromatic nitrogens is 2. The van der Waals surface area contributed by atoms with E-state index < -0.39 is 5.56 Å². The molecular formula is C20H28N5O3+. The summed E-state index contributed by atoms with van der Waals surface area (Å²) in [6.07, 6.45) is 5.13. The number of carbonyl (C=O) groups excluding carboxylic acids is 1. The Morgan fingerprint density at radius 1 is 1.32 bits per heavy atom. The Morgan fingerprint density at radius 3 is 2.61 bits per heavy atom. The smallest absolute Gasteiger partial charge is 0.321 e. The van der Waals surface area contributed by atoms with Crippen LogP contribution >= 0.6 is 0 Å². The molecule has 1 aliphatic carbocycles. The molecule has 8 heteroatoms. The van der Waals surface area contributed by atoms with Gasteiger partial charge in [0.1, 0.15) is 11.3 Å². The van der Waals surface area contributed by atoms with Gasteiger partial charge in [0, 0.05) is 26.1 Å². The number of carbonyl (C=O) groups is 1. The lowest BCUT2D eigenvalue weighted by Gasteiger charge is -2.21. The van der Waals surface area contributed by atoms with Crippen LogP contribution in [0.1, 0.15) is 49.4 Å². The van der Waals surface area contributed by atoms with Crippen LogP contribution in [0, 0.1) is 11.3 Å². The molecule has 0 unspecified atom stereocenters. The standard InChI is InChI=1S/C20H27N5O3/c1-4-28-16-11-15-14(10-13(16)20(27)24(2)3)23-19(26)18(22)25(15)17(21)12-8-6-5-7-9-12/h10-12,21-22H,4-9H2,1-3H3,(H,23,26)/p+1. The molecule has 3 rings (SSSR count). The molecular weight excluding hydrogens is 358 g/mol. The third kappa shape index (κ3) is 3.58. The molecule has 1 heterocycles. The first-order chi connectivity index (χ1) is 13.3. The third-order valence-corrected chi connectivity index (χ3v) is 5.23. The summed E-state index contributed by atoms with van der Waals surface area (Å²) < 4.78 is 7.21. The van der Waals surface area contributed by atoms with Gasteiger partial charge in [0.05, 0.1) is 17.7 Å². The maximum absolute atomic E-state index is 12.6. The second-order valence-electron chi connectivity index (χ2n) is 7.39. The maximum Gasteiger partial charge on any atom is 0.321 e. The number of nitrogens with zero attached hydrogens (tertiary/aromatic N) is 2. The number of nitrogens with two attached hydrogens (primary N) is 1. The highest BCUT2D eigenvalue weighted by Crippen LogP contribution is 2.27. The Balaban J connectivity index is 2.24. The largest absolute Gasteiger partial charge is 0.493 e. The topological polar surface area (TPSA) is 116 Å². The van der Waals surface area contributed by atoms with Crippen molar-refractivity contribution in [3.8, 4) is 5.75 Å². The normalized spacial score (nSPS) is 14.8. The summed E-state index contributed by atoms with van der Waals surface area (Å²) in [5.74, 6) is 0.534. The Morgan fingerprint density at radius 2 is 2.00 bits per heavy atom. The minimum absolute atomic E-state index is 0.0304. The number of nitrogen functional groups attached to an aromatic ring is 1. The van der Waals surface area contributed by atoms with Crippen molar-refractivity contribution in [2.45, 2.75) is 39.0 Å². The summed E-state index contributed by atoms with van der Waals surface area (Å²) in [5, 5.41) is 8.74. The zero-order valence-corrected chi connectivity index (χ0v) is 16.7. The Labute approximate surface area is 163 Å². The fraction of sp³-hybridized carbons (Fsp3) is 0.500. The van der Waals surface area contributed by atoms with Crippen molar-refractivity contribution in [2.24, 2.45) is 5.92 Å². The lowest BCUT2D eigenvalue weighted by atomic mass is 9.88. The van der Waals surface area contributed by atoms with E-state index in [4.69, 9.17) is 15.9 Å². The van der Waals surface area contributed by atoms with Crippen molar-refractivity contribution < 1.29 is 14.1 Å². The first-order valence-corrected chi connectivity index (χ1v) is 9.70. The van der Waals surface area contributed by atoms with Crippen LogP contribution in [-0.4, -0.2) is 42.3 Å². The fourth-order valence-electron chi connectivity index (χ4n) is 3.77. The van der Waals surface area contributed by atoms with Gasteiger partial charge in [-0.25, -0.2) is 0 Å². The summed E-state index contributed by atoms with van der Waals surface area (Å²) in [5.41, 5.74) is 6.99. The lowest BCUT2D eigenvalue weighted by molar-refractivity contribution is -0.517. The number of ether oxygens (including phenoxy) is 1. The number of aromatic amines is 1. The number of hydrogen-bond acceptors (Lipinski definition) is 5. The molecule has 1 aliphatic rings. The molecule has 8 nitrogen and oxygen atoms in total. The monoisotopic (exact) mass is 386 g/mol. The second kappa shape index (κ2) is 8.00. The van der Waals surface area contributed by atoms with Crippen LogP contribution in [0.15, 0.2) is 16.9 Å². The van der Waals surface area contributed by atoms with Crippen LogP contribution in [0.2, 0.25) is 0 Å². The van der Waals surface area contributed by atoms with E-state index in [1.165, 1.54) is 15.9 Å². The molecule has 1 saturated carbocycles. The molecule has 0 saturated heterocycles. The number of anilines is 1. The van der Waals surface area contributed by atoms with Gasteiger partial charge in [-0.15, -0.1) is 0 Å². The van der Waals surface area contributed by atoms with E-state index in [1.807, 2.05) is 6.92 Å². The minimum Gasteiger partial charge on any atom is -0.493 e. The highest BCUT2D eigenvalue weighted by molar-refractivity contribution is 6.00. The number of amides is 1. The number of nitrogens with one attached hydrogen (secondary N) is 2. The molecule has 0 bridgehead atoms. The number of benzene rings is 1. The number of fused-ring (bicyclic) bond motifs is 1. The fourth-order valence-corrected chi connectivity index (χ4v) is 3.77. The predicted molar refractivity (Wildman–Crippen MR) is 108 cm³/mol. The molecule has 1 aromatic carbocycles. The van der Waals surface area contributed by atoms with Crippen molar-refractivity contribution in [3.05, 3.63) is 28.0 Å². The maximum atomic E-state index is 12.6. The highest BCUT2D eigenvalue weighted by Gasteiger charge is 2.29. The third-order valence-electron chi connectivity index (χ3n) is 5.23. The van der Waals surface area contributed by atoms with E-state index in [2.05, 4.69) is 4.98 Å². The minimum atomic E-state index is -0.472. The molecule has 2 aromatic rings. The van der Waals surface area contributed by atoms with Gasteiger partial charge >= 0.3 is 5.56 Å². The zero-order chi connectivity index (χ0) is 20.4. The van der Waals surface area contributed by atoms with E-state index in [9.17, 15) is 9.59 Å². The van der Waals surface area contributed by atoms with Gasteiger partial charge in [-0.1, -0.05) is 19.3 Å². The highest BCUT2D eigenvalue weighted by atomic mass is 16.5. The Kier molecular flexibility index (Phi) is 5.67.